The van der Waals surface area contributed by atoms with Crippen LogP contribution in [0.3, 0.4) is 0 Å². The summed E-state index contributed by atoms with van der Waals surface area (Å²) in [6, 6.07) is 8.01. The third-order valence-corrected chi connectivity index (χ3v) is 8.31. The first-order valence-electron chi connectivity index (χ1n) is 16.8. The molecule has 6 N–H and O–H groups in total. The Labute approximate surface area is 279 Å². The molecule has 0 unspecified atom stereocenters. The number of benzene rings is 2. The molecule has 13 heteroatoms. The number of hydrogen-bond acceptors (Lipinski definition) is 8. The van der Waals surface area contributed by atoms with Gasteiger partial charge in [-0.15, -0.1) is 15.0 Å². The summed E-state index contributed by atoms with van der Waals surface area (Å²) in [5.74, 6) is -3.60. The number of carboxylic acids is 1. The van der Waals surface area contributed by atoms with Gasteiger partial charge in [0.25, 0.3) is 11.8 Å². The van der Waals surface area contributed by atoms with Crippen LogP contribution in [0.5, 0.6) is 17.5 Å². The Morgan fingerprint density at radius 2 is 1.33 bits per heavy atom. The van der Waals surface area contributed by atoms with E-state index in [0.717, 1.165) is 60.8 Å². The topological polar surface area (TPSA) is 192 Å². The lowest BCUT2D eigenvalue weighted by Crippen LogP contribution is -2.24. The number of carbonyl (C=O) groups excluding carboxylic acids is 2. The highest BCUT2D eigenvalue weighted by Crippen LogP contribution is 2.29. The molecule has 48 heavy (non-hydrogen) atoms. The largest absolute Gasteiger partial charge is 0.506 e. The number of rotatable bonds is 19. The zero-order valence-electron chi connectivity index (χ0n) is 27.7. The van der Waals surface area contributed by atoms with Gasteiger partial charge in [0.1, 0.15) is 22.5 Å². The highest BCUT2D eigenvalue weighted by molar-refractivity contribution is 6.10. The van der Waals surface area contributed by atoms with Crippen LogP contribution in [0, 0.1) is 0 Å². The lowest BCUT2D eigenvalue weighted by Gasteiger charge is -2.11. The van der Waals surface area contributed by atoms with E-state index in [1.165, 1.54) is 62.1 Å². The number of aromatic carboxylic acids is 1. The Morgan fingerprint density at radius 3 is 1.98 bits per heavy atom. The molecule has 0 fully saturated rings. The molecule has 4 rings (SSSR count). The molecule has 13 nitrogen and oxygen atoms in total. The van der Waals surface area contributed by atoms with Gasteiger partial charge in [0.15, 0.2) is 0 Å². The first-order valence-corrected chi connectivity index (χ1v) is 16.8. The number of amides is 2. The zero-order valence-corrected chi connectivity index (χ0v) is 27.7. The van der Waals surface area contributed by atoms with Crippen LogP contribution in [-0.4, -0.2) is 64.4 Å². The van der Waals surface area contributed by atoms with E-state index in [-0.39, 0.29) is 45.4 Å². The van der Waals surface area contributed by atoms with Crippen molar-refractivity contribution >= 4 is 28.8 Å². The van der Waals surface area contributed by atoms with Gasteiger partial charge in [-0.25, -0.2) is 4.79 Å². The second-order valence-corrected chi connectivity index (χ2v) is 12.1. The van der Waals surface area contributed by atoms with Gasteiger partial charge in [0, 0.05) is 23.7 Å². The van der Waals surface area contributed by atoms with E-state index in [4.69, 9.17) is 0 Å². The predicted molar refractivity (Wildman–Crippen MR) is 182 cm³/mol. The fourth-order valence-corrected chi connectivity index (χ4v) is 5.56. The van der Waals surface area contributed by atoms with Crippen molar-refractivity contribution in [2.45, 2.75) is 97.3 Å². The number of carboxylic acid groups (broad SMARTS) is 1. The maximum absolute atomic E-state index is 13.3. The number of fused-ring (bicyclic) bond motifs is 1. The third-order valence-electron chi connectivity index (χ3n) is 8.31. The maximum atomic E-state index is 13.3. The van der Waals surface area contributed by atoms with Crippen molar-refractivity contribution in [1.29, 1.82) is 0 Å². The smallest absolute Gasteiger partial charge is 0.336 e. The maximum Gasteiger partial charge on any atom is 0.336 e. The van der Waals surface area contributed by atoms with Crippen molar-refractivity contribution < 1.29 is 34.8 Å². The average molecular weight is 663 g/mol. The molecule has 0 saturated heterocycles. The van der Waals surface area contributed by atoms with Crippen LogP contribution in [0.25, 0.3) is 16.7 Å². The number of aromatic hydroxyl groups is 3. The quantitative estimate of drug-likeness (QED) is 0.0615. The molecule has 2 heterocycles. The van der Waals surface area contributed by atoms with Crippen LogP contribution in [0.2, 0.25) is 0 Å². The Morgan fingerprint density at radius 1 is 0.729 bits per heavy atom. The second kappa shape index (κ2) is 17.2. The predicted octanol–water partition coefficient (Wildman–Crippen LogP) is 6.41. The number of aromatic nitrogens is 4. The molecule has 0 aliphatic heterocycles. The molecule has 2 amide bonds. The van der Waals surface area contributed by atoms with E-state index in [1.54, 1.807) is 0 Å². The van der Waals surface area contributed by atoms with Crippen LogP contribution >= 0.6 is 0 Å². The molecule has 0 aliphatic carbocycles. The summed E-state index contributed by atoms with van der Waals surface area (Å²) in [4.78, 5) is 39.4. The number of hydrogen-bond donors (Lipinski definition) is 6. The van der Waals surface area contributed by atoms with Gasteiger partial charge in [0.05, 0.1) is 11.1 Å². The number of nitrogens with one attached hydrogen (secondary N) is 2. The van der Waals surface area contributed by atoms with Crippen molar-refractivity contribution in [3.05, 3.63) is 58.7 Å². The van der Waals surface area contributed by atoms with E-state index in [9.17, 15) is 34.8 Å². The van der Waals surface area contributed by atoms with Gasteiger partial charge < -0.3 is 25.7 Å². The lowest BCUT2D eigenvalue weighted by atomic mass is 10.1. The highest BCUT2D eigenvalue weighted by atomic mass is 16.4. The fraction of sp³-hybridized carbons (Fsp3) is 0.457. The van der Waals surface area contributed by atoms with Crippen LogP contribution in [-0.2, 0) is 6.42 Å². The molecule has 2 aromatic carbocycles. The SMILES string of the molecule is CCCCCCCCNC(=O)c1ccc(O)c(-n2nc3cc(C(=O)O)c(C(=O)Nn4c(O)cc(CCCCCCCC)c4O)cc3n2)c1. The molecule has 258 valence electrons. The van der Waals surface area contributed by atoms with E-state index < -0.39 is 23.3 Å². The van der Waals surface area contributed by atoms with E-state index in [1.807, 2.05) is 0 Å². The summed E-state index contributed by atoms with van der Waals surface area (Å²) < 4.78 is 0.808. The molecule has 2 aromatic heterocycles. The van der Waals surface area contributed by atoms with Crippen LogP contribution in [0.15, 0.2) is 36.4 Å². The number of phenolic OH excluding ortho intramolecular Hbond substituents is 1. The molecule has 0 bridgehead atoms. The molecule has 0 spiro atoms. The summed E-state index contributed by atoms with van der Waals surface area (Å²) in [6.07, 6.45) is 13.3. The number of carbonyl (C=O) groups is 3. The summed E-state index contributed by atoms with van der Waals surface area (Å²) in [5, 5.41) is 53.2. The Hall–Kier alpha value is -5.07. The number of aryl methyl sites for hydroxylation is 1. The normalized spacial score (nSPS) is 11.2. The average Bonchev–Trinajstić information content (AvgIpc) is 3.60. The van der Waals surface area contributed by atoms with Crippen LogP contribution in [0.4, 0.5) is 0 Å². The Kier molecular flexibility index (Phi) is 12.8. The van der Waals surface area contributed by atoms with Gasteiger partial charge in [-0.05, 0) is 49.6 Å². The minimum Gasteiger partial charge on any atom is -0.506 e. The van der Waals surface area contributed by atoms with Gasteiger partial charge >= 0.3 is 5.97 Å². The number of phenols is 1. The molecular formula is C35H46N6O7. The molecule has 0 aliphatic rings. The zero-order chi connectivity index (χ0) is 34.6. The van der Waals surface area contributed by atoms with E-state index in [0.29, 0.717) is 18.5 Å². The molecule has 0 saturated carbocycles. The van der Waals surface area contributed by atoms with Gasteiger partial charge in [-0.3, -0.25) is 15.0 Å². The van der Waals surface area contributed by atoms with Crippen LogP contribution < -0.4 is 10.7 Å². The van der Waals surface area contributed by atoms with Crippen molar-refractivity contribution in [3.8, 4) is 23.2 Å². The number of unbranched alkanes of at least 4 members (excludes halogenated alkanes) is 10. The van der Waals surface area contributed by atoms with E-state index in [2.05, 4.69) is 34.8 Å². The second-order valence-electron chi connectivity index (χ2n) is 12.1. The van der Waals surface area contributed by atoms with Gasteiger partial charge in [-0.1, -0.05) is 78.1 Å². The minimum absolute atomic E-state index is 0.0846. The van der Waals surface area contributed by atoms with Crippen molar-refractivity contribution in [2.24, 2.45) is 0 Å². The molecule has 4 aromatic rings. The standard InChI is InChI=1S/C35H46N6O7/c1-3-5-7-9-11-13-15-24-20-31(43)40(34(24)46)39-33(45)25-21-27-28(22-26(25)35(47)48)38-41(37-27)29-19-23(16-17-30(29)42)32(44)36-18-14-12-10-8-6-4-2/h16-17,19-22,42-43,46H,3-15,18H2,1-2H3,(H,36,44)(H,39,45)(H,47,48). The van der Waals surface area contributed by atoms with Crippen molar-refractivity contribution in [2.75, 3.05) is 12.0 Å². The van der Waals surface area contributed by atoms with Gasteiger partial charge in [0.2, 0.25) is 11.8 Å². The van der Waals surface area contributed by atoms with Crippen LogP contribution in [0.1, 0.15) is 128 Å². The molecule has 0 atom stereocenters. The summed E-state index contributed by atoms with van der Waals surface area (Å²) >= 11 is 0. The lowest BCUT2D eigenvalue weighted by molar-refractivity contribution is 0.0692. The minimum atomic E-state index is -1.41. The fourth-order valence-electron chi connectivity index (χ4n) is 5.56. The first kappa shape index (κ1) is 35.8. The summed E-state index contributed by atoms with van der Waals surface area (Å²) in [6.45, 7) is 4.83. The first-order chi connectivity index (χ1) is 23.1. The third kappa shape index (κ3) is 9.05. The number of nitrogens with zero attached hydrogens (tertiary/aromatic N) is 4. The highest BCUT2D eigenvalue weighted by Gasteiger charge is 2.23. The Balaban J connectivity index is 1.50. The Bertz CT molecular complexity index is 1730. The van der Waals surface area contributed by atoms with E-state index >= 15 is 0 Å². The summed E-state index contributed by atoms with van der Waals surface area (Å²) in [7, 11) is 0. The summed E-state index contributed by atoms with van der Waals surface area (Å²) in [5.41, 5.74) is 2.76. The van der Waals surface area contributed by atoms with Crippen molar-refractivity contribution in [3.63, 3.8) is 0 Å². The van der Waals surface area contributed by atoms with Gasteiger partial charge in [-0.2, -0.15) is 4.68 Å². The van der Waals surface area contributed by atoms with Crippen molar-refractivity contribution in [1.82, 2.24) is 25.0 Å². The molecular weight excluding hydrogens is 616 g/mol. The molecule has 0 radical (unpaired) electrons. The monoisotopic (exact) mass is 662 g/mol.